The van der Waals surface area contributed by atoms with Crippen LogP contribution in [-0.4, -0.2) is 57.1 Å². The van der Waals surface area contributed by atoms with Crippen LogP contribution in [0.3, 0.4) is 0 Å². The normalized spacial score (nSPS) is 24.4. The Morgan fingerprint density at radius 2 is 1.68 bits per heavy atom. The molecule has 0 aromatic heterocycles. The number of methoxy groups -OCH3 is 1. The molecule has 4 rings (SSSR count). The molecule has 1 aliphatic carbocycles. The summed E-state index contributed by atoms with van der Waals surface area (Å²) in [5.74, 6) is -1.04. The van der Waals surface area contributed by atoms with Gasteiger partial charge in [0.25, 0.3) is 5.79 Å². The van der Waals surface area contributed by atoms with Crippen LogP contribution in [0.1, 0.15) is 109 Å². The lowest BCUT2D eigenvalue weighted by Crippen LogP contribution is -2.51. The maximum Gasteiger partial charge on any atom is 0.367 e. The summed E-state index contributed by atoms with van der Waals surface area (Å²) in [7, 11) is 1.33. The van der Waals surface area contributed by atoms with Crippen molar-refractivity contribution in [3.63, 3.8) is 0 Å². The molecule has 2 heterocycles. The Labute approximate surface area is 281 Å². The molecule has 0 radical (unpaired) electrons. The number of esters is 1. The first-order valence-electron chi connectivity index (χ1n) is 18.0. The molecule has 0 spiro atoms. The molecule has 2 aliphatic heterocycles. The van der Waals surface area contributed by atoms with E-state index in [1.165, 1.54) is 38.4 Å². The number of aryl methyl sites for hydroxylation is 1. The number of Topliss-reactive ketones (excluding diaryl/α,β-unsaturated/α-hetero) is 1. The minimum Gasteiger partial charge on any atom is -0.493 e. The Morgan fingerprint density at radius 1 is 0.957 bits per heavy atom. The molecule has 0 amide bonds. The van der Waals surface area contributed by atoms with Gasteiger partial charge in [0, 0.05) is 32.0 Å². The zero-order valence-electron chi connectivity index (χ0n) is 28.6. The van der Waals surface area contributed by atoms with Crippen molar-refractivity contribution in [1.82, 2.24) is 0 Å². The highest BCUT2D eigenvalue weighted by atomic mass is 16.8. The molecule has 47 heavy (non-hydrogen) atoms. The third-order valence-corrected chi connectivity index (χ3v) is 9.23. The summed E-state index contributed by atoms with van der Waals surface area (Å²) in [6.07, 6.45) is 21.0. The smallest absolute Gasteiger partial charge is 0.367 e. The maximum absolute atomic E-state index is 13.1. The lowest BCUT2D eigenvalue weighted by Gasteiger charge is -2.38. The zero-order valence-corrected chi connectivity index (χ0v) is 28.6. The molecule has 0 N–H and O–H groups in total. The van der Waals surface area contributed by atoms with E-state index in [0.29, 0.717) is 45.5 Å². The van der Waals surface area contributed by atoms with Gasteiger partial charge in [0.2, 0.25) is 0 Å². The molecule has 4 atom stereocenters. The fourth-order valence-corrected chi connectivity index (χ4v) is 6.46. The molecule has 0 bridgehead atoms. The molecule has 2 saturated heterocycles. The van der Waals surface area contributed by atoms with Crippen LogP contribution in [0.2, 0.25) is 0 Å². The second kappa shape index (κ2) is 20.6. The Morgan fingerprint density at radius 3 is 2.32 bits per heavy atom. The van der Waals surface area contributed by atoms with Crippen molar-refractivity contribution >= 4 is 11.8 Å². The van der Waals surface area contributed by atoms with Gasteiger partial charge >= 0.3 is 5.97 Å². The topological polar surface area (TPSA) is 89.5 Å². The van der Waals surface area contributed by atoms with Gasteiger partial charge < -0.3 is 28.4 Å². The quantitative estimate of drug-likeness (QED) is 0.0486. The van der Waals surface area contributed by atoms with Crippen molar-refractivity contribution in [2.75, 3.05) is 26.9 Å². The summed E-state index contributed by atoms with van der Waals surface area (Å²) in [6.45, 7) is 3.98. The maximum atomic E-state index is 13.1. The number of hydrogen-bond acceptors (Lipinski definition) is 8. The Kier molecular flexibility index (Phi) is 16.2. The first-order valence-corrected chi connectivity index (χ1v) is 18.0. The standard InChI is InChI=1S/C39H56O8/c1-3-4-5-7-16-31-21-24-33(25-22-31)43-28-13-9-17-32-23-26-35(40)34(32)18-8-6-12-27-39(38(41)42-2,46-36-19-10-14-29-44-36)47-37-20-11-15-30-45-37/h8-9,12,17,21-22,24-25,32,34,36-37H,3-5,7,10-11,13-16,18-20,23,26-30H2,1-2H3/b17-9+/t6?,32-,34+,36?,37?,39?/m0/s1. The van der Waals surface area contributed by atoms with Gasteiger partial charge in [-0.1, -0.05) is 50.5 Å². The van der Waals surface area contributed by atoms with Crippen LogP contribution in [0.5, 0.6) is 5.75 Å². The van der Waals surface area contributed by atoms with E-state index in [9.17, 15) is 9.59 Å². The van der Waals surface area contributed by atoms with Crippen LogP contribution in [0.15, 0.2) is 54.3 Å². The van der Waals surface area contributed by atoms with Gasteiger partial charge in [-0.05, 0) is 106 Å². The van der Waals surface area contributed by atoms with Crippen molar-refractivity contribution in [3.8, 4) is 5.75 Å². The average Bonchev–Trinajstić information content (AvgIpc) is 3.45. The predicted molar refractivity (Wildman–Crippen MR) is 181 cm³/mol. The molecule has 260 valence electrons. The molecule has 3 fully saturated rings. The summed E-state index contributed by atoms with van der Waals surface area (Å²) in [6, 6.07) is 8.45. The molecule has 1 aromatic carbocycles. The molecular formula is C39H56O8. The SMILES string of the molecule is CCCCCCc1ccc(OCC/C=C/[C@H]2CCC(=O)[C@@H]2CC=C=CCC(OC2CCCCO2)(OC2CCCCO2)C(=O)OC)cc1. The molecule has 3 aliphatic rings. The van der Waals surface area contributed by atoms with Crippen molar-refractivity contribution in [1.29, 1.82) is 0 Å². The van der Waals surface area contributed by atoms with E-state index in [1.807, 2.05) is 6.08 Å². The lowest BCUT2D eigenvalue weighted by molar-refractivity contribution is -0.350. The van der Waals surface area contributed by atoms with Gasteiger partial charge in [-0.2, -0.15) is 0 Å². The number of benzene rings is 1. The van der Waals surface area contributed by atoms with Gasteiger partial charge in [0.1, 0.15) is 11.5 Å². The number of carbonyl (C=O) groups excluding carboxylic acids is 2. The number of rotatable bonds is 19. The molecule has 8 nitrogen and oxygen atoms in total. The number of unbranched alkanes of at least 4 members (excludes halogenated alkanes) is 3. The highest BCUT2D eigenvalue weighted by molar-refractivity contribution is 5.83. The summed E-state index contributed by atoms with van der Waals surface area (Å²) in [4.78, 5) is 25.9. The number of allylic oxidation sites excluding steroid dienone is 1. The number of ether oxygens (including phenoxy) is 6. The fraction of sp³-hybridized carbons (Fsp3) is 0.667. The van der Waals surface area contributed by atoms with Crippen molar-refractivity contribution < 1.29 is 38.0 Å². The first kappa shape index (κ1) is 37.1. The van der Waals surface area contributed by atoms with Crippen molar-refractivity contribution in [2.24, 2.45) is 11.8 Å². The Bertz CT molecular complexity index is 1140. The lowest BCUT2D eigenvalue weighted by atomic mass is 9.91. The zero-order chi connectivity index (χ0) is 33.2. The van der Waals surface area contributed by atoms with E-state index < -0.39 is 24.3 Å². The van der Waals surface area contributed by atoms with Crippen LogP contribution >= 0.6 is 0 Å². The highest BCUT2D eigenvalue weighted by Gasteiger charge is 2.47. The van der Waals surface area contributed by atoms with Gasteiger partial charge in [-0.3, -0.25) is 4.79 Å². The number of ketones is 1. The molecule has 8 heteroatoms. The second-order valence-corrected chi connectivity index (χ2v) is 12.9. The Hall–Kier alpha value is -2.74. The van der Waals surface area contributed by atoms with Crippen LogP contribution in [0, 0.1) is 11.8 Å². The van der Waals surface area contributed by atoms with Gasteiger partial charge in [0.05, 0.1) is 13.7 Å². The van der Waals surface area contributed by atoms with Crippen molar-refractivity contribution in [2.45, 2.75) is 128 Å². The van der Waals surface area contributed by atoms with Crippen LogP contribution in [0.25, 0.3) is 0 Å². The third-order valence-electron chi connectivity index (χ3n) is 9.23. The third kappa shape index (κ3) is 12.3. The predicted octanol–water partition coefficient (Wildman–Crippen LogP) is 8.18. The monoisotopic (exact) mass is 652 g/mol. The molecule has 1 saturated carbocycles. The van der Waals surface area contributed by atoms with Crippen molar-refractivity contribution in [3.05, 3.63) is 59.9 Å². The largest absolute Gasteiger partial charge is 0.493 e. The average molecular weight is 653 g/mol. The van der Waals surface area contributed by atoms with E-state index >= 15 is 0 Å². The number of carbonyl (C=O) groups is 2. The summed E-state index contributed by atoms with van der Waals surface area (Å²) in [5, 5.41) is 0. The van der Waals surface area contributed by atoms with E-state index in [0.717, 1.165) is 50.7 Å². The molecule has 2 unspecified atom stereocenters. The van der Waals surface area contributed by atoms with E-state index in [-0.39, 0.29) is 24.0 Å². The highest BCUT2D eigenvalue weighted by Crippen LogP contribution is 2.33. The van der Waals surface area contributed by atoms with Crippen LogP contribution < -0.4 is 4.74 Å². The van der Waals surface area contributed by atoms with E-state index in [1.54, 1.807) is 6.08 Å². The summed E-state index contributed by atoms with van der Waals surface area (Å²) in [5.41, 5.74) is 4.54. The van der Waals surface area contributed by atoms with Crippen LogP contribution in [0.4, 0.5) is 0 Å². The first-order chi connectivity index (χ1) is 23.0. The minimum absolute atomic E-state index is 0.0814. The van der Waals surface area contributed by atoms with E-state index in [4.69, 9.17) is 28.4 Å². The fourth-order valence-electron chi connectivity index (χ4n) is 6.46. The second-order valence-electron chi connectivity index (χ2n) is 12.9. The molecular weight excluding hydrogens is 596 g/mol. The Balaban J connectivity index is 1.28. The van der Waals surface area contributed by atoms with E-state index in [2.05, 4.69) is 49.1 Å². The van der Waals surface area contributed by atoms with Gasteiger partial charge in [0.15, 0.2) is 12.6 Å². The summed E-state index contributed by atoms with van der Waals surface area (Å²) >= 11 is 0. The summed E-state index contributed by atoms with van der Waals surface area (Å²) < 4.78 is 35.1. The van der Waals surface area contributed by atoms with Gasteiger partial charge in [-0.25, -0.2) is 4.79 Å². The van der Waals surface area contributed by atoms with Crippen LogP contribution in [-0.2, 0) is 39.7 Å². The molecule has 1 aromatic rings. The number of hydrogen-bond donors (Lipinski definition) is 0. The minimum atomic E-state index is -1.70. The van der Waals surface area contributed by atoms with Gasteiger partial charge in [-0.15, -0.1) is 5.73 Å².